The Kier molecular flexibility index (Phi) is 4.98. The van der Waals surface area contributed by atoms with Gasteiger partial charge in [0.05, 0.1) is 24.2 Å². The van der Waals surface area contributed by atoms with Crippen LogP contribution in [0.2, 0.25) is 0 Å². The summed E-state index contributed by atoms with van der Waals surface area (Å²) in [6.45, 7) is 0.475. The Hall–Kier alpha value is -3.69. The number of benzene rings is 1. The molecule has 1 saturated carbocycles. The largest absolute Gasteiger partial charge is 0.461 e. The lowest BCUT2D eigenvalue weighted by molar-refractivity contribution is -0.384. The molecule has 0 radical (unpaired) electrons. The van der Waals surface area contributed by atoms with Crippen LogP contribution in [0.15, 0.2) is 51.9 Å². The lowest BCUT2D eigenvalue weighted by Crippen LogP contribution is -2.32. The summed E-state index contributed by atoms with van der Waals surface area (Å²) in [6, 6.07) is 9.48. The molecule has 1 aliphatic rings. The molecule has 29 heavy (non-hydrogen) atoms. The van der Waals surface area contributed by atoms with Gasteiger partial charge in [0.1, 0.15) is 0 Å². The molecule has 0 bridgehead atoms. The number of hydrogen-bond donors (Lipinski definition) is 1. The number of hydrogen-bond acceptors (Lipinski definition) is 6. The Bertz CT molecular complexity index is 1080. The fraction of sp³-hybridized carbons (Fsp3) is 0.316. The van der Waals surface area contributed by atoms with Gasteiger partial charge in [-0.05, 0) is 30.5 Å². The number of non-ortho nitro benzene ring substituents is 1. The SMILES string of the molecule is O=C(Cc1ccc([N+](=O)[O-])cc1)NCCn1nc(-c2ccco2)n(C2CC2)c1=O. The second kappa shape index (κ2) is 7.74. The van der Waals surface area contributed by atoms with E-state index in [-0.39, 0.29) is 42.8 Å². The number of furan rings is 1. The third-order valence-corrected chi connectivity index (χ3v) is 4.68. The number of rotatable bonds is 8. The fourth-order valence-electron chi connectivity index (χ4n) is 3.09. The van der Waals surface area contributed by atoms with Crippen molar-refractivity contribution in [3.05, 3.63) is 68.8 Å². The highest BCUT2D eigenvalue weighted by molar-refractivity contribution is 5.78. The zero-order valence-corrected chi connectivity index (χ0v) is 15.5. The first-order valence-corrected chi connectivity index (χ1v) is 9.26. The van der Waals surface area contributed by atoms with Gasteiger partial charge in [0, 0.05) is 24.7 Å². The predicted octanol–water partition coefficient (Wildman–Crippen LogP) is 1.91. The summed E-state index contributed by atoms with van der Waals surface area (Å²) < 4.78 is 8.38. The smallest absolute Gasteiger partial charge is 0.346 e. The van der Waals surface area contributed by atoms with E-state index in [1.165, 1.54) is 23.1 Å². The average Bonchev–Trinajstić information content (AvgIpc) is 3.27. The highest BCUT2D eigenvalue weighted by Gasteiger charge is 2.31. The van der Waals surface area contributed by atoms with Gasteiger partial charge < -0.3 is 9.73 Å². The molecular weight excluding hydrogens is 378 g/mol. The van der Waals surface area contributed by atoms with E-state index >= 15 is 0 Å². The minimum atomic E-state index is -0.487. The standard InChI is InChI=1S/C19H19N5O5/c25-17(12-13-3-5-15(6-4-13)24(27)28)20-9-10-22-19(26)23(14-7-8-14)18(21-22)16-2-1-11-29-16/h1-6,11,14H,7-10,12H2,(H,20,25). The van der Waals surface area contributed by atoms with Crippen LogP contribution in [-0.2, 0) is 17.8 Å². The molecule has 2 heterocycles. The molecule has 2 aromatic heterocycles. The Balaban J connectivity index is 1.37. The lowest BCUT2D eigenvalue weighted by Gasteiger charge is -2.05. The predicted molar refractivity (Wildman–Crippen MR) is 102 cm³/mol. The summed E-state index contributed by atoms with van der Waals surface area (Å²) in [7, 11) is 0. The normalized spacial score (nSPS) is 13.4. The number of carbonyl (C=O) groups excluding carboxylic acids is 1. The van der Waals surface area contributed by atoms with E-state index in [0.29, 0.717) is 17.1 Å². The zero-order valence-electron chi connectivity index (χ0n) is 15.5. The van der Waals surface area contributed by atoms with E-state index in [1.807, 2.05) is 0 Å². The Morgan fingerprint density at radius 3 is 2.66 bits per heavy atom. The highest BCUT2D eigenvalue weighted by atomic mass is 16.6. The highest BCUT2D eigenvalue weighted by Crippen LogP contribution is 2.36. The topological polar surface area (TPSA) is 125 Å². The number of aromatic nitrogens is 3. The molecule has 3 aromatic rings. The minimum Gasteiger partial charge on any atom is -0.461 e. The first-order chi connectivity index (χ1) is 14.0. The van der Waals surface area contributed by atoms with E-state index in [9.17, 15) is 19.7 Å². The van der Waals surface area contributed by atoms with Crippen molar-refractivity contribution in [1.29, 1.82) is 0 Å². The molecule has 0 saturated heterocycles. The molecule has 150 valence electrons. The molecule has 0 aliphatic heterocycles. The van der Waals surface area contributed by atoms with Gasteiger partial charge in [-0.1, -0.05) is 12.1 Å². The zero-order chi connectivity index (χ0) is 20.4. The summed E-state index contributed by atoms with van der Waals surface area (Å²) in [5.41, 5.74) is 0.430. The number of nitro groups is 1. The number of amides is 1. The van der Waals surface area contributed by atoms with Crippen LogP contribution in [0.5, 0.6) is 0 Å². The molecule has 10 heteroatoms. The maximum absolute atomic E-state index is 12.7. The van der Waals surface area contributed by atoms with Gasteiger partial charge >= 0.3 is 5.69 Å². The maximum atomic E-state index is 12.7. The van der Waals surface area contributed by atoms with Gasteiger partial charge in [0.15, 0.2) is 5.76 Å². The number of nitrogens with one attached hydrogen (secondary N) is 1. The van der Waals surface area contributed by atoms with Crippen LogP contribution < -0.4 is 11.0 Å². The number of carbonyl (C=O) groups is 1. The van der Waals surface area contributed by atoms with Crippen molar-refractivity contribution in [3.8, 4) is 11.6 Å². The van der Waals surface area contributed by atoms with E-state index < -0.39 is 4.92 Å². The molecule has 1 aliphatic carbocycles. The van der Waals surface area contributed by atoms with Crippen molar-refractivity contribution >= 4 is 11.6 Å². The van der Waals surface area contributed by atoms with Crippen LogP contribution in [0.3, 0.4) is 0 Å². The molecule has 0 unspecified atom stereocenters. The van der Waals surface area contributed by atoms with Gasteiger partial charge in [0.2, 0.25) is 11.7 Å². The van der Waals surface area contributed by atoms with Crippen molar-refractivity contribution < 1.29 is 14.1 Å². The second-order valence-electron chi connectivity index (χ2n) is 6.86. The molecule has 1 N–H and O–H groups in total. The van der Waals surface area contributed by atoms with Crippen LogP contribution in [0.4, 0.5) is 5.69 Å². The van der Waals surface area contributed by atoms with Gasteiger partial charge in [0.25, 0.3) is 5.69 Å². The van der Waals surface area contributed by atoms with Gasteiger partial charge in [-0.2, -0.15) is 0 Å². The number of nitrogens with zero attached hydrogens (tertiary/aromatic N) is 4. The van der Waals surface area contributed by atoms with E-state index in [2.05, 4.69) is 10.4 Å². The van der Waals surface area contributed by atoms with Crippen LogP contribution in [0, 0.1) is 10.1 Å². The van der Waals surface area contributed by atoms with E-state index in [4.69, 9.17) is 4.42 Å². The van der Waals surface area contributed by atoms with Crippen LogP contribution in [-0.4, -0.2) is 31.7 Å². The Labute approximate surface area is 164 Å². The van der Waals surface area contributed by atoms with Crippen molar-refractivity contribution in [2.45, 2.75) is 31.8 Å². The van der Waals surface area contributed by atoms with Crippen LogP contribution in [0.1, 0.15) is 24.4 Å². The van der Waals surface area contributed by atoms with Crippen LogP contribution >= 0.6 is 0 Å². The molecule has 0 atom stereocenters. The molecule has 1 amide bonds. The second-order valence-corrected chi connectivity index (χ2v) is 6.86. The fourth-order valence-corrected chi connectivity index (χ4v) is 3.09. The summed E-state index contributed by atoms with van der Waals surface area (Å²) in [4.78, 5) is 35.0. The van der Waals surface area contributed by atoms with Gasteiger partial charge in [-0.3, -0.25) is 19.5 Å². The average molecular weight is 397 g/mol. The molecule has 1 fully saturated rings. The molecule has 4 rings (SSSR count). The summed E-state index contributed by atoms with van der Waals surface area (Å²) >= 11 is 0. The molecular formula is C19H19N5O5. The van der Waals surface area contributed by atoms with E-state index in [1.54, 1.807) is 28.8 Å². The molecule has 1 aromatic carbocycles. The third kappa shape index (κ3) is 4.10. The Morgan fingerprint density at radius 2 is 2.03 bits per heavy atom. The number of nitro benzene ring substituents is 1. The van der Waals surface area contributed by atoms with Crippen molar-refractivity contribution in [2.75, 3.05) is 6.54 Å². The minimum absolute atomic E-state index is 0.0212. The van der Waals surface area contributed by atoms with Gasteiger partial charge in [-0.15, -0.1) is 5.10 Å². The Morgan fingerprint density at radius 1 is 1.28 bits per heavy atom. The van der Waals surface area contributed by atoms with Gasteiger partial charge in [-0.25, -0.2) is 9.48 Å². The summed E-state index contributed by atoms with van der Waals surface area (Å²) in [5.74, 6) is 0.800. The van der Waals surface area contributed by atoms with Crippen molar-refractivity contribution in [2.24, 2.45) is 0 Å². The molecule has 0 spiro atoms. The third-order valence-electron chi connectivity index (χ3n) is 4.68. The quantitative estimate of drug-likeness (QED) is 0.457. The summed E-state index contributed by atoms with van der Waals surface area (Å²) in [5, 5.41) is 17.8. The van der Waals surface area contributed by atoms with E-state index in [0.717, 1.165) is 12.8 Å². The maximum Gasteiger partial charge on any atom is 0.346 e. The lowest BCUT2D eigenvalue weighted by atomic mass is 10.1. The van der Waals surface area contributed by atoms with Crippen LogP contribution in [0.25, 0.3) is 11.6 Å². The monoisotopic (exact) mass is 397 g/mol. The molecule has 10 nitrogen and oxygen atoms in total. The summed E-state index contributed by atoms with van der Waals surface area (Å²) in [6.07, 6.45) is 3.51. The van der Waals surface area contributed by atoms with Crippen molar-refractivity contribution in [1.82, 2.24) is 19.7 Å². The first-order valence-electron chi connectivity index (χ1n) is 9.26. The van der Waals surface area contributed by atoms with Crippen molar-refractivity contribution in [3.63, 3.8) is 0 Å². The first kappa shape index (κ1) is 18.7.